The third-order valence-electron chi connectivity index (χ3n) is 5.63. The molecule has 2 saturated heterocycles. The average molecular weight is 331 g/mol. The van der Waals surface area contributed by atoms with Crippen molar-refractivity contribution in [1.82, 2.24) is 15.3 Å². The number of hydrogen-bond acceptors (Lipinski definition) is 5. The van der Waals surface area contributed by atoms with E-state index >= 15 is 0 Å². The molecule has 0 saturated carbocycles. The van der Waals surface area contributed by atoms with Gasteiger partial charge in [0.25, 0.3) is 0 Å². The normalized spacial score (nSPS) is 23.1. The van der Waals surface area contributed by atoms with Gasteiger partial charge >= 0.3 is 0 Å². The fourth-order valence-corrected chi connectivity index (χ4v) is 5.26. The molecule has 124 valence electrons. The molecular weight excluding hydrogens is 304 g/mol. The number of rotatable bonds is 2. The van der Waals surface area contributed by atoms with Crippen molar-refractivity contribution in [1.29, 1.82) is 0 Å². The fraction of sp³-hybridized carbons (Fsp3) is 0.667. The van der Waals surface area contributed by atoms with Crippen LogP contribution in [0.3, 0.4) is 0 Å². The minimum atomic E-state index is 0.759. The second kappa shape index (κ2) is 6.02. The Morgan fingerprint density at radius 3 is 2.57 bits per heavy atom. The number of thiophene rings is 1. The van der Waals surface area contributed by atoms with Crippen LogP contribution in [0.15, 0.2) is 0 Å². The van der Waals surface area contributed by atoms with Gasteiger partial charge in [-0.25, -0.2) is 9.97 Å². The summed E-state index contributed by atoms with van der Waals surface area (Å²) < 4.78 is 0. The molecule has 0 bridgehead atoms. The van der Waals surface area contributed by atoms with E-state index < -0.39 is 0 Å². The van der Waals surface area contributed by atoms with E-state index in [0.29, 0.717) is 0 Å². The number of anilines is 1. The number of piperidine rings is 1. The third kappa shape index (κ3) is 2.74. The Labute approximate surface area is 142 Å². The molecular formula is C18H26N4S. The van der Waals surface area contributed by atoms with Crippen LogP contribution in [0.2, 0.25) is 0 Å². The molecule has 4 nitrogen and oxygen atoms in total. The van der Waals surface area contributed by atoms with Crippen LogP contribution in [0.4, 0.5) is 5.82 Å². The van der Waals surface area contributed by atoms with Crippen molar-refractivity contribution in [3.8, 4) is 0 Å². The molecule has 0 spiro atoms. The first-order valence-electron chi connectivity index (χ1n) is 8.86. The molecule has 5 heteroatoms. The maximum absolute atomic E-state index is 4.83. The number of aromatic nitrogens is 2. The van der Waals surface area contributed by atoms with Crippen LogP contribution >= 0.6 is 11.3 Å². The Bertz CT molecular complexity index is 709. The van der Waals surface area contributed by atoms with Gasteiger partial charge < -0.3 is 10.2 Å². The SMILES string of the molecule is Cc1nc(N2CCC(C3CCCN3)CC2)c2c(C)c(C)sc2n1. The second-order valence-corrected chi connectivity index (χ2v) is 8.29. The van der Waals surface area contributed by atoms with E-state index in [2.05, 4.69) is 29.0 Å². The monoisotopic (exact) mass is 330 g/mol. The van der Waals surface area contributed by atoms with Gasteiger partial charge in [-0.2, -0.15) is 0 Å². The standard InChI is InChI=1S/C18H26N4S/c1-11-12(2)23-18-16(11)17(20-13(3)21-18)22-9-6-14(7-10-22)15-5-4-8-19-15/h14-15,19H,4-10H2,1-3H3. The van der Waals surface area contributed by atoms with Gasteiger partial charge in [0.05, 0.1) is 5.39 Å². The smallest absolute Gasteiger partial charge is 0.141 e. The number of aryl methyl sites for hydroxylation is 3. The highest BCUT2D eigenvalue weighted by Crippen LogP contribution is 2.37. The van der Waals surface area contributed by atoms with Crippen LogP contribution in [0, 0.1) is 26.7 Å². The van der Waals surface area contributed by atoms with Gasteiger partial charge in [0.1, 0.15) is 16.5 Å². The maximum Gasteiger partial charge on any atom is 0.141 e. The second-order valence-electron chi connectivity index (χ2n) is 7.09. The first-order valence-corrected chi connectivity index (χ1v) is 9.68. The van der Waals surface area contributed by atoms with Crippen molar-refractivity contribution in [2.45, 2.75) is 52.5 Å². The summed E-state index contributed by atoms with van der Waals surface area (Å²) in [5.74, 6) is 2.91. The maximum atomic E-state index is 4.83. The van der Waals surface area contributed by atoms with Gasteiger partial charge in [-0.05, 0) is 64.5 Å². The molecule has 1 N–H and O–H groups in total. The Balaban J connectivity index is 1.60. The van der Waals surface area contributed by atoms with Crippen LogP contribution in [0.25, 0.3) is 10.2 Å². The van der Waals surface area contributed by atoms with Crippen molar-refractivity contribution in [2.24, 2.45) is 5.92 Å². The lowest BCUT2D eigenvalue weighted by Crippen LogP contribution is -2.41. The quantitative estimate of drug-likeness (QED) is 0.914. The molecule has 0 aromatic carbocycles. The summed E-state index contributed by atoms with van der Waals surface area (Å²) in [5.41, 5.74) is 1.36. The summed E-state index contributed by atoms with van der Waals surface area (Å²) in [6.45, 7) is 9.89. The molecule has 4 rings (SSSR count). The van der Waals surface area contributed by atoms with Gasteiger partial charge in [-0.15, -0.1) is 11.3 Å². The summed E-state index contributed by atoms with van der Waals surface area (Å²) in [6.07, 6.45) is 5.28. The van der Waals surface area contributed by atoms with Crippen molar-refractivity contribution in [2.75, 3.05) is 24.5 Å². The van der Waals surface area contributed by atoms with E-state index in [1.54, 1.807) is 11.3 Å². The predicted octanol–water partition coefficient (Wildman–Crippen LogP) is 3.58. The predicted molar refractivity (Wildman–Crippen MR) is 97.6 cm³/mol. The number of fused-ring (bicyclic) bond motifs is 1. The number of nitrogens with zero attached hydrogens (tertiary/aromatic N) is 3. The summed E-state index contributed by atoms with van der Waals surface area (Å²) >= 11 is 1.80. The Kier molecular flexibility index (Phi) is 4.01. The summed E-state index contributed by atoms with van der Waals surface area (Å²) in [4.78, 5) is 14.5. The Morgan fingerprint density at radius 2 is 1.87 bits per heavy atom. The van der Waals surface area contributed by atoms with Crippen molar-refractivity contribution < 1.29 is 0 Å². The van der Waals surface area contributed by atoms with E-state index in [9.17, 15) is 0 Å². The molecule has 23 heavy (non-hydrogen) atoms. The van der Waals surface area contributed by atoms with Crippen molar-refractivity contribution in [3.63, 3.8) is 0 Å². The molecule has 0 aliphatic carbocycles. The van der Waals surface area contributed by atoms with Crippen LogP contribution in [-0.2, 0) is 0 Å². The molecule has 2 aliphatic rings. The van der Waals surface area contributed by atoms with E-state index in [-0.39, 0.29) is 0 Å². The zero-order valence-corrected chi connectivity index (χ0v) is 15.2. The van der Waals surface area contributed by atoms with Gasteiger partial charge in [-0.3, -0.25) is 0 Å². The third-order valence-corrected chi connectivity index (χ3v) is 6.73. The largest absolute Gasteiger partial charge is 0.356 e. The highest BCUT2D eigenvalue weighted by Gasteiger charge is 2.29. The zero-order valence-electron chi connectivity index (χ0n) is 14.4. The van der Waals surface area contributed by atoms with Gasteiger partial charge in [0, 0.05) is 24.0 Å². The summed E-state index contributed by atoms with van der Waals surface area (Å²) in [7, 11) is 0. The fourth-order valence-electron chi connectivity index (χ4n) is 4.19. The average Bonchev–Trinajstić information content (AvgIpc) is 3.16. The molecule has 4 heterocycles. The van der Waals surface area contributed by atoms with E-state index in [1.807, 2.05) is 6.92 Å². The Hall–Kier alpha value is -1.20. The number of nitrogens with one attached hydrogen (secondary N) is 1. The van der Waals surface area contributed by atoms with Crippen LogP contribution < -0.4 is 10.2 Å². The lowest BCUT2D eigenvalue weighted by Gasteiger charge is -2.36. The molecule has 0 amide bonds. The van der Waals surface area contributed by atoms with Crippen LogP contribution in [-0.4, -0.2) is 35.6 Å². The minimum Gasteiger partial charge on any atom is -0.356 e. The minimum absolute atomic E-state index is 0.759. The first-order chi connectivity index (χ1) is 11.1. The summed E-state index contributed by atoms with van der Waals surface area (Å²) in [6, 6.07) is 0.759. The molecule has 2 aromatic heterocycles. The zero-order chi connectivity index (χ0) is 16.0. The lowest BCUT2D eigenvalue weighted by molar-refractivity contribution is 0.318. The Morgan fingerprint density at radius 1 is 1.09 bits per heavy atom. The molecule has 2 fully saturated rings. The number of hydrogen-bond donors (Lipinski definition) is 1. The van der Waals surface area contributed by atoms with Crippen molar-refractivity contribution >= 4 is 27.4 Å². The topological polar surface area (TPSA) is 41.1 Å². The van der Waals surface area contributed by atoms with Crippen LogP contribution in [0.1, 0.15) is 41.9 Å². The first kappa shape index (κ1) is 15.3. The lowest BCUT2D eigenvalue weighted by atomic mass is 9.88. The van der Waals surface area contributed by atoms with Crippen molar-refractivity contribution in [3.05, 3.63) is 16.3 Å². The molecule has 2 aliphatic heterocycles. The molecule has 1 unspecified atom stereocenters. The van der Waals surface area contributed by atoms with E-state index in [4.69, 9.17) is 4.98 Å². The summed E-state index contributed by atoms with van der Waals surface area (Å²) in [5, 5.41) is 4.98. The van der Waals surface area contributed by atoms with E-state index in [1.165, 1.54) is 53.9 Å². The van der Waals surface area contributed by atoms with Gasteiger partial charge in [0.15, 0.2) is 0 Å². The van der Waals surface area contributed by atoms with E-state index in [0.717, 1.165) is 35.7 Å². The highest BCUT2D eigenvalue weighted by molar-refractivity contribution is 7.18. The van der Waals surface area contributed by atoms with Crippen LogP contribution in [0.5, 0.6) is 0 Å². The molecule has 2 aromatic rings. The molecule has 0 radical (unpaired) electrons. The van der Waals surface area contributed by atoms with Gasteiger partial charge in [-0.1, -0.05) is 0 Å². The highest BCUT2D eigenvalue weighted by atomic mass is 32.1. The molecule has 1 atom stereocenters. The van der Waals surface area contributed by atoms with Gasteiger partial charge in [0.2, 0.25) is 0 Å².